The smallest absolute Gasteiger partial charge is 0.337 e. The number of carbonyl (C=O) groups is 2. The Kier molecular flexibility index (Phi) is 42.8. The van der Waals surface area contributed by atoms with E-state index in [-0.39, 0.29) is 42.6 Å². The fraction of sp³-hybridized carbons (Fsp3) is 0.225. The van der Waals surface area contributed by atoms with Crippen LogP contribution < -0.4 is 40.6 Å². The molecule has 10 aromatic rings. The number of hydrogen-bond acceptors (Lipinski definition) is 12. The molecule has 10 rings (SSSR count). The van der Waals surface area contributed by atoms with Gasteiger partial charge in [0, 0.05) is 19.3 Å². The minimum Gasteiger partial charge on any atom is -0.547 e. The van der Waals surface area contributed by atoms with Gasteiger partial charge in [0.25, 0.3) is 0 Å². The molecule has 16 heteroatoms. The highest BCUT2D eigenvalue weighted by Gasteiger charge is 2.17. The topological polar surface area (TPSA) is 219 Å². The van der Waals surface area contributed by atoms with Crippen molar-refractivity contribution in [3.05, 3.63) is 343 Å². The molecule has 10 aromatic carbocycles. The first-order valence-electron chi connectivity index (χ1n) is 31.7. The molecule has 0 aliphatic carbocycles. The van der Waals surface area contributed by atoms with E-state index in [1.54, 1.807) is 66.7 Å². The maximum atomic E-state index is 11.9. The minimum atomic E-state index is -1.52. The average molecular weight is 1330 g/mol. The van der Waals surface area contributed by atoms with Crippen molar-refractivity contribution in [2.75, 3.05) is 54.4 Å². The van der Waals surface area contributed by atoms with Crippen molar-refractivity contribution in [1.29, 1.82) is 0 Å². The number of carboxylic acids is 2. The number of aliphatic hydroxyl groups excluding tert-OH is 3. The van der Waals surface area contributed by atoms with Crippen molar-refractivity contribution in [3.8, 4) is 17.2 Å². The number of para-hydroxylation sites is 3. The van der Waals surface area contributed by atoms with Crippen molar-refractivity contribution >= 4 is 24.3 Å². The molecule has 0 saturated carbocycles. The molecule has 0 saturated heterocycles. The summed E-state index contributed by atoms with van der Waals surface area (Å²) in [5.41, 5.74) is 5.41. The van der Waals surface area contributed by atoms with Gasteiger partial charge < -0.3 is 65.8 Å². The van der Waals surface area contributed by atoms with Gasteiger partial charge >= 0.3 is 5.97 Å². The molecule has 0 fully saturated rings. The summed E-state index contributed by atoms with van der Waals surface area (Å²) in [5.74, 6) is -0.109. The Morgan fingerprint density at radius 2 is 0.635 bits per heavy atom. The van der Waals surface area contributed by atoms with Gasteiger partial charge in [-0.05, 0) is 129 Å². The Hall–Kier alpha value is -9.52. The summed E-state index contributed by atoms with van der Waals surface area (Å²) >= 11 is 0. The summed E-state index contributed by atoms with van der Waals surface area (Å²) in [6.45, 7) is 3.78. The van der Waals surface area contributed by atoms with Crippen LogP contribution in [0.4, 0.5) is 4.39 Å². The van der Waals surface area contributed by atoms with E-state index in [1.165, 1.54) is 41.0 Å². The van der Waals surface area contributed by atoms with E-state index in [9.17, 15) is 24.2 Å². The summed E-state index contributed by atoms with van der Waals surface area (Å²) < 4.78 is 30.1. The Labute approximate surface area is 572 Å². The molecule has 0 bridgehead atoms. The number of halogens is 2. The SMILES string of the molecule is CNCCC(O)c1ccccc1.CNCCC(Oc1ccccc1)c1ccccc1.CNCCC(Oc1ccccc1)c1ccccc1.C[NH2+]CCC(Oc1ccccc1)c1ccccc1.Cl.Fc1ccccc1.O=C(O)[C@@H](O)c1ccccc1.O=C([O-])[C@@H](O)c1ccccc1. The Morgan fingerprint density at radius 1 is 0.385 bits per heavy atom. The molecule has 0 spiro atoms. The highest BCUT2D eigenvalue weighted by atomic mass is 35.5. The summed E-state index contributed by atoms with van der Waals surface area (Å²) in [6.07, 6.45) is 0.749. The lowest BCUT2D eigenvalue weighted by atomic mass is 10.1. The first-order chi connectivity index (χ1) is 46.4. The van der Waals surface area contributed by atoms with Gasteiger partial charge in [-0.2, -0.15) is 0 Å². The molecule has 0 heterocycles. The number of benzene rings is 10. The van der Waals surface area contributed by atoms with E-state index in [2.05, 4.69) is 101 Å². The fourth-order valence-corrected chi connectivity index (χ4v) is 8.83. The summed E-state index contributed by atoms with van der Waals surface area (Å²) in [5, 5.41) is 57.6. The molecule has 0 aliphatic heterocycles. The van der Waals surface area contributed by atoms with Gasteiger partial charge in [-0.15, -0.1) is 12.4 Å². The third-order valence-electron chi connectivity index (χ3n) is 13.9. The lowest BCUT2D eigenvalue weighted by Crippen LogP contribution is -2.79. The second kappa shape index (κ2) is 50.9. The quantitative estimate of drug-likeness (QED) is 0.0253. The van der Waals surface area contributed by atoms with Crippen LogP contribution in [-0.2, 0) is 9.59 Å². The van der Waals surface area contributed by atoms with E-state index >= 15 is 0 Å². The first kappa shape index (κ1) is 80.7. The maximum Gasteiger partial charge on any atom is 0.337 e. The number of hydrogen-bond donors (Lipinski definition) is 8. The molecular weight excluding hydrogens is 1230 g/mol. The molecular formula is C80H94ClFN4O10. The van der Waals surface area contributed by atoms with Gasteiger partial charge in [-0.1, -0.05) is 255 Å². The Balaban J connectivity index is 0.000000297. The summed E-state index contributed by atoms with van der Waals surface area (Å²) in [7, 11) is 7.90. The number of carboxylic acid groups (broad SMARTS) is 2. The van der Waals surface area contributed by atoms with Gasteiger partial charge in [0.2, 0.25) is 0 Å². The number of carbonyl (C=O) groups excluding carboxylic acids is 1. The van der Waals surface area contributed by atoms with Crippen molar-refractivity contribution in [1.82, 2.24) is 16.0 Å². The van der Waals surface area contributed by atoms with E-state index in [1.807, 2.05) is 161 Å². The molecule has 9 N–H and O–H groups in total. The second-order valence-electron chi connectivity index (χ2n) is 21.2. The number of nitrogens with two attached hydrogens (primary N) is 1. The van der Waals surface area contributed by atoms with Crippen LogP contribution in [0.3, 0.4) is 0 Å². The Morgan fingerprint density at radius 3 is 0.896 bits per heavy atom. The molecule has 4 unspecified atom stereocenters. The van der Waals surface area contributed by atoms with Crippen LogP contribution in [0.2, 0.25) is 0 Å². The van der Waals surface area contributed by atoms with Gasteiger partial charge in [0.15, 0.2) is 6.10 Å². The molecule has 0 amide bonds. The number of rotatable bonds is 26. The van der Waals surface area contributed by atoms with Crippen LogP contribution in [0, 0.1) is 5.82 Å². The zero-order chi connectivity index (χ0) is 68.4. The van der Waals surface area contributed by atoms with E-state index < -0.39 is 24.1 Å². The average Bonchev–Trinajstić information content (AvgIpc) is 3.07. The molecule has 0 radical (unpaired) electrons. The highest BCUT2D eigenvalue weighted by Crippen LogP contribution is 2.27. The van der Waals surface area contributed by atoms with Crippen LogP contribution in [-0.4, -0.2) is 86.7 Å². The van der Waals surface area contributed by atoms with Gasteiger partial charge in [-0.3, -0.25) is 0 Å². The van der Waals surface area contributed by atoms with Crippen LogP contribution >= 0.6 is 12.4 Å². The van der Waals surface area contributed by atoms with Gasteiger partial charge in [0.05, 0.1) is 25.7 Å². The molecule has 508 valence electrons. The van der Waals surface area contributed by atoms with Crippen LogP contribution in [0.1, 0.15) is 95.7 Å². The van der Waals surface area contributed by atoms with Crippen LogP contribution in [0.5, 0.6) is 17.2 Å². The van der Waals surface area contributed by atoms with Gasteiger partial charge in [0.1, 0.15) is 47.5 Å². The minimum absolute atomic E-state index is 0. The van der Waals surface area contributed by atoms with E-state index in [0.717, 1.165) is 74.7 Å². The number of nitrogens with one attached hydrogen (secondary N) is 3. The molecule has 0 aliphatic rings. The normalized spacial score (nSPS) is 11.9. The second-order valence-corrected chi connectivity index (χ2v) is 21.2. The molecule has 0 aromatic heterocycles. The third kappa shape index (κ3) is 34.6. The number of aliphatic hydroxyl groups is 3. The number of quaternary nitrogens is 1. The maximum absolute atomic E-state index is 11.9. The van der Waals surface area contributed by atoms with E-state index in [0.29, 0.717) is 11.1 Å². The predicted molar refractivity (Wildman–Crippen MR) is 382 cm³/mol. The zero-order valence-electron chi connectivity index (χ0n) is 55.1. The van der Waals surface area contributed by atoms with Crippen LogP contribution in [0.25, 0.3) is 0 Å². The van der Waals surface area contributed by atoms with Crippen molar-refractivity contribution in [2.45, 2.75) is 62.3 Å². The largest absolute Gasteiger partial charge is 0.547 e. The number of ether oxygens (including phenoxy) is 3. The molecule has 6 atom stereocenters. The Bertz CT molecular complexity index is 3180. The summed E-state index contributed by atoms with van der Waals surface area (Å²) in [6, 6.07) is 95.2. The standard InChI is InChI=1S/3C16H19NO.C10H15NO.2C8H8O3.C6H5F.ClH/c3*1-17-13-12-16(14-8-4-2-5-9-14)18-15-10-6-3-7-11-15;1-11-8-7-10(12)9-5-3-2-4-6-9;2*9-7(8(10)11)6-4-2-1-3-5-6;7-6-4-2-1-3-5-6;/h3*2-11,16-17H,12-13H2,1H3;2-6,10-12H,7-8H2,1H3;2*1-5,7,9H,(H,10,11);1-5H;1H/t;;;;2*7-;;/m....00../s1. The highest BCUT2D eigenvalue weighted by molar-refractivity contribution is 5.85. The summed E-state index contributed by atoms with van der Waals surface area (Å²) in [4.78, 5) is 20.4. The third-order valence-corrected chi connectivity index (χ3v) is 13.9. The van der Waals surface area contributed by atoms with Crippen molar-refractivity contribution in [2.24, 2.45) is 0 Å². The predicted octanol–water partition coefficient (Wildman–Crippen LogP) is 13.1. The van der Waals surface area contributed by atoms with E-state index in [4.69, 9.17) is 29.5 Å². The lowest BCUT2D eigenvalue weighted by molar-refractivity contribution is -0.628. The monoisotopic (exact) mass is 1320 g/mol. The fourth-order valence-electron chi connectivity index (χ4n) is 8.83. The first-order valence-corrected chi connectivity index (χ1v) is 31.7. The zero-order valence-corrected chi connectivity index (χ0v) is 55.9. The van der Waals surface area contributed by atoms with Crippen molar-refractivity contribution in [3.63, 3.8) is 0 Å². The lowest BCUT2D eigenvalue weighted by Gasteiger charge is -2.19. The van der Waals surface area contributed by atoms with Crippen molar-refractivity contribution < 1.29 is 59.0 Å². The molecule has 14 nitrogen and oxygen atoms in total. The molecule has 96 heavy (non-hydrogen) atoms. The van der Waals surface area contributed by atoms with Gasteiger partial charge in [-0.25, -0.2) is 9.18 Å². The number of aliphatic carboxylic acids is 2. The van der Waals surface area contributed by atoms with Crippen LogP contribution in [0.15, 0.2) is 303 Å².